The first-order chi connectivity index (χ1) is 6.43. The Kier molecular flexibility index (Phi) is 4.22. The highest BCUT2D eigenvalue weighted by molar-refractivity contribution is 9.25. The fraction of sp³-hybridized carbons (Fsp3) is 0.400. The molecule has 0 fully saturated rings. The lowest BCUT2D eigenvalue weighted by molar-refractivity contribution is 0.550. The second-order valence-corrected chi connectivity index (χ2v) is 12.5. The second-order valence-electron chi connectivity index (χ2n) is 3.77. The normalized spacial score (nSPS) is 11.9. The van der Waals surface area contributed by atoms with Gasteiger partial charge in [-0.2, -0.15) is 0 Å². The molecule has 1 aromatic carbocycles. The van der Waals surface area contributed by atoms with Gasteiger partial charge in [0.15, 0.2) is 0 Å². The zero-order valence-electron chi connectivity index (χ0n) is 8.55. The number of aryl methyl sites for hydroxylation is 1. The number of benzene rings is 1. The van der Waals surface area contributed by atoms with Crippen LogP contribution in [0, 0.1) is 6.92 Å². The molecule has 0 amide bonds. The molecule has 0 spiro atoms. The van der Waals surface area contributed by atoms with E-state index in [1.54, 1.807) is 0 Å². The van der Waals surface area contributed by atoms with E-state index in [0.29, 0.717) is 0 Å². The lowest BCUT2D eigenvalue weighted by Gasteiger charge is -2.26. The van der Waals surface area contributed by atoms with Crippen LogP contribution in [-0.4, -0.2) is 11.7 Å². The Balaban J connectivity index is 2.84. The van der Waals surface area contributed by atoms with Gasteiger partial charge in [0.1, 0.15) is 5.75 Å². The molecule has 4 heteroatoms. The molecule has 0 heterocycles. The predicted octanol–water partition coefficient (Wildman–Crippen LogP) is 4.23. The molecule has 1 nitrogen and oxygen atoms in total. The lowest BCUT2D eigenvalue weighted by atomic mass is 10.2. The summed E-state index contributed by atoms with van der Waals surface area (Å²) in [5, 5.41) is 0. The van der Waals surface area contributed by atoms with Crippen molar-refractivity contribution in [1.29, 1.82) is 0 Å². The maximum atomic E-state index is 6.04. The van der Waals surface area contributed by atoms with Crippen molar-refractivity contribution in [2.75, 3.05) is 0 Å². The number of halogens is 2. The SMILES string of the molecule is Cc1ccccc1O[Si](C)(C)C(Br)Br. The quantitative estimate of drug-likeness (QED) is 0.592. The molecule has 78 valence electrons. The van der Waals surface area contributed by atoms with Gasteiger partial charge in [-0.1, -0.05) is 50.1 Å². The van der Waals surface area contributed by atoms with E-state index >= 15 is 0 Å². The molecule has 0 bridgehead atoms. The van der Waals surface area contributed by atoms with Crippen molar-refractivity contribution in [2.24, 2.45) is 0 Å². The van der Waals surface area contributed by atoms with Crippen LogP contribution in [0.1, 0.15) is 5.56 Å². The summed E-state index contributed by atoms with van der Waals surface area (Å²) in [4.78, 5) is 0. The Morgan fingerprint density at radius 3 is 2.29 bits per heavy atom. The highest BCUT2D eigenvalue weighted by atomic mass is 79.9. The molecule has 0 unspecified atom stereocenters. The van der Waals surface area contributed by atoms with Gasteiger partial charge < -0.3 is 4.43 Å². The van der Waals surface area contributed by atoms with Crippen LogP contribution in [0.25, 0.3) is 0 Å². The van der Waals surface area contributed by atoms with Crippen molar-refractivity contribution in [3.8, 4) is 5.75 Å². The summed E-state index contributed by atoms with van der Waals surface area (Å²) in [5.74, 6) is 0.994. The smallest absolute Gasteiger partial charge is 0.269 e. The zero-order valence-corrected chi connectivity index (χ0v) is 12.7. The standard InChI is InChI=1S/C10H14Br2OSi/c1-8-6-4-5-7-9(8)13-14(2,3)10(11)12/h4-7,10H,1-3H3. The van der Waals surface area contributed by atoms with Crippen molar-refractivity contribution in [3.63, 3.8) is 0 Å². The topological polar surface area (TPSA) is 9.23 Å². The molecular formula is C10H14Br2OSi. The molecule has 14 heavy (non-hydrogen) atoms. The molecule has 0 saturated heterocycles. The van der Waals surface area contributed by atoms with Crippen LogP contribution < -0.4 is 4.43 Å². The lowest BCUT2D eigenvalue weighted by Crippen LogP contribution is -2.41. The van der Waals surface area contributed by atoms with Crippen molar-refractivity contribution in [1.82, 2.24) is 0 Å². The van der Waals surface area contributed by atoms with Gasteiger partial charge in [0, 0.05) is 0 Å². The van der Waals surface area contributed by atoms with E-state index in [2.05, 4.69) is 57.9 Å². The van der Waals surface area contributed by atoms with Crippen LogP contribution >= 0.6 is 31.9 Å². The summed E-state index contributed by atoms with van der Waals surface area (Å²) in [6, 6.07) is 8.12. The molecule has 0 aliphatic carbocycles. The van der Waals surface area contributed by atoms with E-state index in [1.807, 2.05) is 18.2 Å². The third-order valence-electron chi connectivity index (χ3n) is 1.99. The molecule has 0 saturated carbocycles. The van der Waals surface area contributed by atoms with Gasteiger partial charge in [0.05, 0.1) is 3.36 Å². The first kappa shape index (κ1) is 12.3. The molecule has 1 aromatic rings. The van der Waals surface area contributed by atoms with E-state index in [0.717, 1.165) is 5.75 Å². The summed E-state index contributed by atoms with van der Waals surface area (Å²) in [7, 11) is -1.72. The Morgan fingerprint density at radius 2 is 1.79 bits per heavy atom. The highest BCUT2D eigenvalue weighted by Gasteiger charge is 2.32. The van der Waals surface area contributed by atoms with Crippen molar-refractivity contribution >= 4 is 40.2 Å². The largest absolute Gasteiger partial charge is 0.542 e. The third kappa shape index (κ3) is 3.10. The summed E-state index contributed by atoms with van der Waals surface area (Å²) >= 11 is 7.06. The predicted molar refractivity (Wildman–Crippen MR) is 70.9 cm³/mol. The minimum Gasteiger partial charge on any atom is -0.542 e. The molecule has 0 aromatic heterocycles. The number of rotatable bonds is 3. The van der Waals surface area contributed by atoms with E-state index in [9.17, 15) is 0 Å². The van der Waals surface area contributed by atoms with E-state index in [-0.39, 0.29) is 3.36 Å². The maximum absolute atomic E-state index is 6.04. The van der Waals surface area contributed by atoms with E-state index < -0.39 is 8.32 Å². The summed E-state index contributed by atoms with van der Waals surface area (Å²) in [6.45, 7) is 6.42. The Bertz CT molecular complexity index is 313. The average Bonchev–Trinajstić information content (AvgIpc) is 2.08. The summed E-state index contributed by atoms with van der Waals surface area (Å²) in [5.41, 5.74) is 1.19. The second kappa shape index (κ2) is 4.81. The van der Waals surface area contributed by atoms with Gasteiger partial charge in [0.2, 0.25) is 0 Å². The average molecular weight is 338 g/mol. The molecule has 0 aliphatic heterocycles. The fourth-order valence-corrected chi connectivity index (χ4v) is 2.44. The van der Waals surface area contributed by atoms with Gasteiger partial charge in [-0.15, -0.1) is 0 Å². The van der Waals surface area contributed by atoms with Gasteiger partial charge >= 0.3 is 0 Å². The van der Waals surface area contributed by atoms with Gasteiger partial charge in [-0.25, -0.2) is 0 Å². The number of alkyl halides is 2. The Labute approximate surface area is 103 Å². The molecule has 0 radical (unpaired) electrons. The van der Waals surface area contributed by atoms with Crippen molar-refractivity contribution in [2.45, 2.75) is 23.4 Å². The summed E-state index contributed by atoms with van der Waals surface area (Å²) in [6.07, 6.45) is 0. The highest BCUT2D eigenvalue weighted by Crippen LogP contribution is 2.27. The van der Waals surface area contributed by atoms with Crippen LogP contribution in [0.3, 0.4) is 0 Å². The zero-order chi connectivity index (χ0) is 10.8. The third-order valence-corrected chi connectivity index (χ3v) is 10.4. The minimum absolute atomic E-state index is 0.266. The minimum atomic E-state index is -1.72. The van der Waals surface area contributed by atoms with Gasteiger partial charge in [-0.3, -0.25) is 0 Å². The fourth-order valence-electron chi connectivity index (χ4n) is 0.999. The van der Waals surface area contributed by atoms with Crippen molar-refractivity contribution in [3.05, 3.63) is 29.8 Å². The maximum Gasteiger partial charge on any atom is 0.269 e. The van der Waals surface area contributed by atoms with Crippen LogP contribution in [0.5, 0.6) is 5.75 Å². The van der Waals surface area contributed by atoms with Crippen LogP contribution in [0.2, 0.25) is 13.1 Å². The molecule has 1 rings (SSSR count). The van der Waals surface area contributed by atoms with Gasteiger partial charge in [-0.05, 0) is 31.6 Å². The number of hydrogen-bond donors (Lipinski definition) is 0. The van der Waals surface area contributed by atoms with Gasteiger partial charge in [0.25, 0.3) is 8.32 Å². The van der Waals surface area contributed by atoms with E-state index in [1.165, 1.54) is 5.56 Å². The van der Waals surface area contributed by atoms with Crippen LogP contribution in [-0.2, 0) is 0 Å². The molecule has 0 atom stereocenters. The van der Waals surface area contributed by atoms with Crippen LogP contribution in [0.15, 0.2) is 24.3 Å². The number of hydrogen-bond acceptors (Lipinski definition) is 1. The van der Waals surface area contributed by atoms with Crippen LogP contribution in [0.4, 0.5) is 0 Å². The molecular weight excluding hydrogens is 324 g/mol. The summed E-state index contributed by atoms with van der Waals surface area (Å²) < 4.78 is 6.31. The number of para-hydroxylation sites is 1. The van der Waals surface area contributed by atoms with Crippen molar-refractivity contribution < 1.29 is 4.43 Å². The first-order valence-electron chi connectivity index (χ1n) is 4.46. The Morgan fingerprint density at radius 1 is 1.21 bits per heavy atom. The molecule has 0 N–H and O–H groups in total. The monoisotopic (exact) mass is 336 g/mol. The van der Waals surface area contributed by atoms with E-state index in [4.69, 9.17) is 4.43 Å². The Hall–Kier alpha value is 0.197. The first-order valence-corrected chi connectivity index (χ1v) is 9.28. The molecule has 0 aliphatic rings.